The summed E-state index contributed by atoms with van der Waals surface area (Å²) in [5.41, 5.74) is -0.370. The van der Waals surface area contributed by atoms with Crippen LogP contribution in [-0.4, -0.2) is 30.0 Å². The molecule has 2 rings (SSSR count). The highest BCUT2D eigenvalue weighted by Crippen LogP contribution is 2.20. The average molecular weight is 364 g/mol. The van der Waals surface area contributed by atoms with E-state index in [0.717, 1.165) is 19.2 Å². The van der Waals surface area contributed by atoms with Gasteiger partial charge in [0.05, 0.1) is 12.0 Å². The lowest BCUT2D eigenvalue weighted by molar-refractivity contribution is -0.385. The zero-order valence-corrected chi connectivity index (χ0v) is 13.6. The highest BCUT2D eigenvalue weighted by molar-refractivity contribution is 5.96. The molecule has 1 atom stereocenters. The summed E-state index contributed by atoms with van der Waals surface area (Å²) in [5.74, 6) is -3.68. The summed E-state index contributed by atoms with van der Waals surface area (Å²) in [7, 11) is 1.09. The lowest BCUT2D eigenvalue weighted by Crippen LogP contribution is -2.43. The number of nitrogens with zero attached hydrogens (tertiary/aromatic N) is 1. The van der Waals surface area contributed by atoms with Gasteiger partial charge in [-0.1, -0.05) is 18.2 Å². The first-order chi connectivity index (χ1) is 12.3. The van der Waals surface area contributed by atoms with Gasteiger partial charge < -0.3 is 10.1 Å². The quantitative estimate of drug-likeness (QED) is 0.482. The van der Waals surface area contributed by atoms with Gasteiger partial charge in [-0.05, 0) is 12.1 Å². The van der Waals surface area contributed by atoms with Crippen LogP contribution in [0.15, 0.2) is 42.5 Å². The van der Waals surface area contributed by atoms with Crippen molar-refractivity contribution in [1.82, 2.24) is 5.32 Å². The van der Waals surface area contributed by atoms with Crippen LogP contribution in [0.1, 0.15) is 15.9 Å². The molecule has 0 bridgehead atoms. The first-order valence-electron chi connectivity index (χ1n) is 7.39. The minimum atomic E-state index is -1.28. The summed E-state index contributed by atoms with van der Waals surface area (Å²) >= 11 is 0. The van der Waals surface area contributed by atoms with Gasteiger partial charge in [0.25, 0.3) is 11.6 Å². The molecule has 0 heterocycles. The molecule has 7 nitrogen and oxygen atoms in total. The molecule has 0 radical (unpaired) electrons. The number of nitrogens with one attached hydrogen (secondary N) is 1. The topological polar surface area (TPSA) is 98.5 Å². The Kier molecular flexibility index (Phi) is 5.94. The zero-order valence-electron chi connectivity index (χ0n) is 13.6. The average Bonchev–Trinajstić information content (AvgIpc) is 2.59. The first-order valence-corrected chi connectivity index (χ1v) is 7.39. The molecular formula is C17H14F2N2O5. The van der Waals surface area contributed by atoms with E-state index in [1.807, 2.05) is 0 Å². The Labute approximate surface area is 146 Å². The molecule has 0 spiro atoms. The van der Waals surface area contributed by atoms with Crippen molar-refractivity contribution >= 4 is 17.6 Å². The van der Waals surface area contributed by atoms with Gasteiger partial charge in [-0.2, -0.15) is 0 Å². The summed E-state index contributed by atoms with van der Waals surface area (Å²) in [6, 6.07) is 6.62. The monoisotopic (exact) mass is 364 g/mol. The predicted molar refractivity (Wildman–Crippen MR) is 86.4 cm³/mol. The van der Waals surface area contributed by atoms with Crippen LogP contribution in [-0.2, 0) is 16.0 Å². The van der Waals surface area contributed by atoms with E-state index in [4.69, 9.17) is 0 Å². The van der Waals surface area contributed by atoms with Gasteiger partial charge in [0.15, 0.2) is 0 Å². The van der Waals surface area contributed by atoms with E-state index in [2.05, 4.69) is 10.1 Å². The Morgan fingerprint density at radius 3 is 2.38 bits per heavy atom. The van der Waals surface area contributed by atoms with Crippen molar-refractivity contribution in [2.24, 2.45) is 0 Å². The maximum atomic E-state index is 13.3. The van der Waals surface area contributed by atoms with Crippen LogP contribution in [0.2, 0.25) is 0 Å². The summed E-state index contributed by atoms with van der Waals surface area (Å²) in [6.45, 7) is 0. The number of amides is 1. The molecule has 0 unspecified atom stereocenters. The van der Waals surface area contributed by atoms with Gasteiger partial charge in [-0.3, -0.25) is 14.9 Å². The predicted octanol–water partition coefficient (Wildman–Crippen LogP) is 2.39. The number of halogens is 2. The van der Waals surface area contributed by atoms with Gasteiger partial charge in [-0.15, -0.1) is 0 Å². The fraction of sp³-hybridized carbons (Fsp3) is 0.176. The minimum Gasteiger partial charge on any atom is -0.467 e. The fourth-order valence-electron chi connectivity index (χ4n) is 2.34. The third-order valence-electron chi connectivity index (χ3n) is 3.53. The maximum Gasteiger partial charge on any atom is 0.328 e. The van der Waals surface area contributed by atoms with Crippen LogP contribution in [0.4, 0.5) is 14.5 Å². The molecular weight excluding hydrogens is 350 g/mol. The van der Waals surface area contributed by atoms with Crippen molar-refractivity contribution in [3.05, 3.63) is 75.3 Å². The van der Waals surface area contributed by atoms with Crippen LogP contribution in [0.25, 0.3) is 0 Å². The molecule has 1 N–H and O–H groups in total. The molecule has 1 amide bonds. The Balaban J connectivity index is 2.27. The standard InChI is InChI=1S/C17H14F2N2O5/c1-26-17(23)14(8-10-4-2-3-5-15(10)21(24)25)20-16(22)11-6-12(18)9-13(19)7-11/h2-7,9,14H,8H2,1H3,(H,20,22)/t14-/m1/s1. The first kappa shape index (κ1) is 19.0. The summed E-state index contributed by atoms with van der Waals surface area (Å²) in [5, 5.41) is 13.4. The van der Waals surface area contributed by atoms with Crippen LogP contribution >= 0.6 is 0 Å². The molecule has 26 heavy (non-hydrogen) atoms. The number of hydrogen-bond acceptors (Lipinski definition) is 5. The number of methoxy groups -OCH3 is 1. The molecule has 2 aromatic rings. The molecule has 0 saturated heterocycles. The van der Waals surface area contributed by atoms with E-state index in [1.165, 1.54) is 18.2 Å². The summed E-state index contributed by atoms with van der Waals surface area (Å²) in [6.07, 6.45) is -0.229. The van der Waals surface area contributed by atoms with Crippen molar-refractivity contribution in [2.45, 2.75) is 12.5 Å². The number of nitro groups is 1. The molecule has 0 aliphatic heterocycles. The van der Waals surface area contributed by atoms with Crippen molar-refractivity contribution < 1.29 is 28.0 Å². The maximum absolute atomic E-state index is 13.3. The van der Waals surface area contributed by atoms with Crippen LogP contribution in [0.3, 0.4) is 0 Å². The second-order valence-corrected chi connectivity index (χ2v) is 5.30. The largest absolute Gasteiger partial charge is 0.467 e. The van der Waals surface area contributed by atoms with Crippen LogP contribution in [0.5, 0.6) is 0 Å². The number of rotatable bonds is 6. The van der Waals surface area contributed by atoms with E-state index in [1.54, 1.807) is 6.07 Å². The second kappa shape index (κ2) is 8.15. The number of ether oxygens (including phenoxy) is 1. The van der Waals surface area contributed by atoms with E-state index < -0.39 is 34.5 Å². The molecule has 136 valence electrons. The van der Waals surface area contributed by atoms with Crippen LogP contribution < -0.4 is 5.32 Å². The SMILES string of the molecule is COC(=O)[C@@H](Cc1ccccc1[N+](=O)[O-])NC(=O)c1cc(F)cc(F)c1. The number of nitro benzene ring substituents is 1. The van der Waals surface area contributed by atoms with E-state index >= 15 is 0 Å². The van der Waals surface area contributed by atoms with Gasteiger partial charge >= 0.3 is 5.97 Å². The number of carbonyl (C=O) groups excluding carboxylic acids is 2. The molecule has 0 saturated carbocycles. The fourth-order valence-corrected chi connectivity index (χ4v) is 2.34. The minimum absolute atomic E-state index is 0.193. The smallest absolute Gasteiger partial charge is 0.328 e. The molecule has 9 heteroatoms. The van der Waals surface area contributed by atoms with Crippen molar-refractivity contribution in [3.63, 3.8) is 0 Å². The summed E-state index contributed by atoms with van der Waals surface area (Å²) in [4.78, 5) is 34.6. The van der Waals surface area contributed by atoms with Crippen molar-refractivity contribution in [2.75, 3.05) is 7.11 Å². The lowest BCUT2D eigenvalue weighted by Gasteiger charge is -2.17. The zero-order chi connectivity index (χ0) is 19.3. The molecule has 0 fully saturated rings. The number of esters is 1. The van der Waals surface area contributed by atoms with Crippen LogP contribution in [0, 0.1) is 21.7 Å². The number of para-hydroxylation sites is 1. The van der Waals surface area contributed by atoms with Gasteiger partial charge in [-0.25, -0.2) is 13.6 Å². The van der Waals surface area contributed by atoms with E-state index in [9.17, 15) is 28.5 Å². The molecule has 0 aliphatic carbocycles. The lowest BCUT2D eigenvalue weighted by atomic mass is 10.0. The number of benzene rings is 2. The highest BCUT2D eigenvalue weighted by atomic mass is 19.1. The Morgan fingerprint density at radius 2 is 1.81 bits per heavy atom. The van der Waals surface area contributed by atoms with Gasteiger partial charge in [0.1, 0.15) is 17.7 Å². The molecule has 0 aromatic heterocycles. The highest BCUT2D eigenvalue weighted by Gasteiger charge is 2.26. The Morgan fingerprint density at radius 1 is 1.19 bits per heavy atom. The Bertz CT molecular complexity index is 837. The van der Waals surface area contributed by atoms with E-state index in [0.29, 0.717) is 6.07 Å². The third-order valence-corrected chi connectivity index (χ3v) is 3.53. The molecule has 2 aromatic carbocycles. The normalized spacial score (nSPS) is 11.5. The second-order valence-electron chi connectivity index (χ2n) is 5.30. The summed E-state index contributed by atoms with van der Waals surface area (Å²) < 4.78 is 31.1. The Hall–Kier alpha value is -3.36. The third kappa shape index (κ3) is 4.59. The number of carbonyl (C=O) groups is 2. The van der Waals surface area contributed by atoms with Crippen molar-refractivity contribution in [1.29, 1.82) is 0 Å². The molecule has 0 aliphatic rings. The van der Waals surface area contributed by atoms with Crippen molar-refractivity contribution in [3.8, 4) is 0 Å². The van der Waals surface area contributed by atoms with Gasteiger partial charge in [0.2, 0.25) is 0 Å². The van der Waals surface area contributed by atoms with Gasteiger partial charge in [0, 0.05) is 29.7 Å². The van der Waals surface area contributed by atoms with E-state index in [-0.39, 0.29) is 23.2 Å². The number of hydrogen-bond donors (Lipinski definition) is 1.